The Morgan fingerprint density at radius 3 is 2.44 bits per heavy atom. The maximum atomic E-state index is 12.9. The molecule has 1 aliphatic rings. The molecule has 188 valence electrons. The average Bonchev–Trinajstić information content (AvgIpc) is 2.80. The molecular weight excluding hydrogens is 526 g/mol. The summed E-state index contributed by atoms with van der Waals surface area (Å²) in [7, 11) is 0. The van der Waals surface area contributed by atoms with Crippen LogP contribution in [0.4, 0.5) is 5.69 Å². The average molecular weight is 554 g/mol. The smallest absolute Gasteiger partial charge is 0.338 e. The number of rotatable bonds is 7. The number of carbonyl (C=O) groups is 2. The summed E-state index contributed by atoms with van der Waals surface area (Å²) in [4.78, 5) is 25.6. The Morgan fingerprint density at radius 2 is 1.83 bits per heavy atom. The van der Waals surface area contributed by atoms with Crippen LogP contribution in [0.2, 0.25) is 0 Å². The van der Waals surface area contributed by atoms with Crippen molar-refractivity contribution >= 4 is 33.5 Å². The number of carbonyl (C=O) groups excluding carboxylic acids is 2. The van der Waals surface area contributed by atoms with Crippen LogP contribution in [-0.4, -0.2) is 25.1 Å². The number of nitrogens with one attached hydrogen (secondary N) is 1. The lowest BCUT2D eigenvalue weighted by Crippen LogP contribution is -2.26. The van der Waals surface area contributed by atoms with E-state index in [0.29, 0.717) is 15.8 Å². The molecule has 3 rings (SSSR count). The van der Waals surface area contributed by atoms with E-state index in [2.05, 4.69) is 21.2 Å². The second-order valence-electron chi connectivity index (χ2n) is 8.41. The summed E-state index contributed by atoms with van der Waals surface area (Å²) in [5.41, 5.74) is 10.4. The molecule has 2 aromatic rings. The van der Waals surface area contributed by atoms with Crippen molar-refractivity contribution in [1.82, 2.24) is 0 Å². The third-order valence-electron chi connectivity index (χ3n) is 5.68. The van der Waals surface area contributed by atoms with Gasteiger partial charge < -0.3 is 25.3 Å². The third-order valence-corrected chi connectivity index (χ3v) is 6.18. The fraction of sp³-hybridized carbons (Fsp3) is 0.296. The highest BCUT2D eigenvalue weighted by Crippen LogP contribution is 2.44. The van der Waals surface area contributed by atoms with E-state index < -0.39 is 11.9 Å². The molecule has 0 fully saturated rings. The van der Waals surface area contributed by atoms with Crippen LogP contribution in [0.25, 0.3) is 0 Å². The lowest BCUT2D eigenvalue weighted by atomic mass is 9.82. The fourth-order valence-corrected chi connectivity index (χ4v) is 4.62. The monoisotopic (exact) mass is 553 g/mol. The van der Waals surface area contributed by atoms with Gasteiger partial charge in [0.05, 0.1) is 18.1 Å². The van der Waals surface area contributed by atoms with E-state index in [1.54, 1.807) is 32.0 Å². The van der Waals surface area contributed by atoms with Crippen molar-refractivity contribution in [3.05, 3.63) is 79.8 Å². The van der Waals surface area contributed by atoms with Gasteiger partial charge in [0.15, 0.2) is 6.61 Å². The first-order valence-corrected chi connectivity index (χ1v) is 12.1. The number of allylic oxidation sites excluding steroid dienone is 2. The molecule has 0 spiro atoms. The number of hydrogen-bond acceptors (Lipinski definition) is 7. The van der Waals surface area contributed by atoms with Crippen molar-refractivity contribution < 1.29 is 23.8 Å². The molecule has 3 N–H and O–H groups in total. The van der Waals surface area contributed by atoms with E-state index in [-0.39, 0.29) is 41.9 Å². The Kier molecular flexibility index (Phi) is 8.43. The summed E-state index contributed by atoms with van der Waals surface area (Å²) in [5, 5.41) is 12.8. The standard InChI is InChI=1S/C27H28BrN3O5/c1-6-34-27(33)23-17(5)36-26(30)20(12-29)24(23)19-11-18(28)7-8-21(19)35-13-22(32)31-25-15(3)9-14(2)10-16(25)4/h7-11,24H,6,13,30H2,1-5H3,(H,31,32). The number of esters is 1. The lowest BCUT2D eigenvalue weighted by molar-refractivity contribution is -0.139. The molecule has 0 radical (unpaired) electrons. The van der Waals surface area contributed by atoms with Crippen LogP contribution in [0.15, 0.2) is 57.6 Å². The summed E-state index contributed by atoms with van der Waals surface area (Å²) in [6.45, 7) is 8.98. The van der Waals surface area contributed by atoms with E-state index in [9.17, 15) is 14.9 Å². The molecule has 1 atom stereocenters. The second-order valence-corrected chi connectivity index (χ2v) is 9.32. The van der Waals surface area contributed by atoms with Gasteiger partial charge in [0.1, 0.15) is 23.2 Å². The fourth-order valence-electron chi connectivity index (χ4n) is 4.24. The molecule has 1 heterocycles. The summed E-state index contributed by atoms with van der Waals surface area (Å²) in [6, 6.07) is 11.2. The van der Waals surface area contributed by atoms with Crippen molar-refractivity contribution in [1.29, 1.82) is 5.26 Å². The Hall–Kier alpha value is -3.77. The molecule has 0 saturated heterocycles. The van der Waals surface area contributed by atoms with Gasteiger partial charge in [-0.3, -0.25) is 4.79 Å². The maximum Gasteiger partial charge on any atom is 0.338 e. The molecule has 1 amide bonds. The number of hydrogen-bond donors (Lipinski definition) is 2. The maximum absolute atomic E-state index is 12.9. The van der Waals surface area contributed by atoms with E-state index in [0.717, 1.165) is 22.4 Å². The summed E-state index contributed by atoms with van der Waals surface area (Å²) < 4.78 is 17.3. The number of benzene rings is 2. The molecule has 1 unspecified atom stereocenters. The zero-order valence-corrected chi connectivity index (χ0v) is 22.4. The number of amides is 1. The number of anilines is 1. The second kappa shape index (κ2) is 11.3. The minimum atomic E-state index is -0.903. The topological polar surface area (TPSA) is 124 Å². The lowest BCUT2D eigenvalue weighted by Gasteiger charge is -2.28. The molecule has 0 bridgehead atoms. The number of nitriles is 1. The van der Waals surface area contributed by atoms with Gasteiger partial charge in [-0.15, -0.1) is 0 Å². The summed E-state index contributed by atoms with van der Waals surface area (Å²) in [5.74, 6) is -1.45. The Morgan fingerprint density at radius 1 is 1.17 bits per heavy atom. The molecule has 9 heteroatoms. The van der Waals surface area contributed by atoms with E-state index >= 15 is 0 Å². The number of halogens is 1. The quantitative estimate of drug-likeness (QED) is 0.460. The van der Waals surface area contributed by atoms with Crippen LogP contribution in [-0.2, 0) is 19.1 Å². The van der Waals surface area contributed by atoms with Crippen LogP contribution >= 0.6 is 15.9 Å². The van der Waals surface area contributed by atoms with E-state index in [1.807, 2.05) is 39.0 Å². The molecule has 0 saturated carbocycles. The molecule has 8 nitrogen and oxygen atoms in total. The van der Waals surface area contributed by atoms with Gasteiger partial charge in [0.25, 0.3) is 5.91 Å². The minimum Gasteiger partial charge on any atom is -0.483 e. The van der Waals surface area contributed by atoms with E-state index in [4.69, 9.17) is 19.9 Å². The van der Waals surface area contributed by atoms with Gasteiger partial charge in [-0.2, -0.15) is 5.26 Å². The van der Waals surface area contributed by atoms with E-state index in [1.165, 1.54) is 0 Å². The summed E-state index contributed by atoms with van der Waals surface area (Å²) in [6.07, 6.45) is 0. The molecule has 0 aromatic heterocycles. The van der Waals surface area contributed by atoms with Crippen LogP contribution in [0.3, 0.4) is 0 Å². The van der Waals surface area contributed by atoms with Crippen molar-refractivity contribution in [3.63, 3.8) is 0 Å². The van der Waals surface area contributed by atoms with Gasteiger partial charge in [-0.05, 0) is 63.9 Å². The first-order valence-electron chi connectivity index (χ1n) is 11.3. The highest BCUT2D eigenvalue weighted by atomic mass is 79.9. The van der Waals surface area contributed by atoms with Crippen molar-refractivity contribution in [3.8, 4) is 11.8 Å². The van der Waals surface area contributed by atoms with Crippen molar-refractivity contribution in [2.24, 2.45) is 5.73 Å². The Balaban J connectivity index is 1.96. The number of ether oxygens (including phenoxy) is 3. The van der Waals surface area contributed by atoms with Crippen LogP contribution in [0.5, 0.6) is 5.75 Å². The molecule has 0 aliphatic carbocycles. The van der Waals surface area contributed by atoms with Gasteiger partial charge in [-0.25, -0.2) is 4.79 Å². The summed E-state index contributed by atoms with van der Waals surface area (Å²) >= 11 is 3.44. The molecule has 36 heavy (non-hydrogen) atoms. The van der Waals surface area contributed by atoms with Crippen molar-refractivity contribution in [2.75, 3.05) is 18.5 Å². The zero-order chi connectivity index (χ0) is 26.6. The van der Waals surface area contributed by atoms with Gasteiger partial charge in [0, 0.05) is 15.7 Å². The Labute approximate surface area is 218 Å². The first-order chi connectivity index (χ1) is 17.1. The third kappa shape index (κ3) is 5.71. The normalized spacial score (nSPS) is 15.2. The van der Waals surface area contributed by atoms with Crippen LogP contribution in [0.1, 0.15) is 42.0 Å². The predicted octanol–water partition coefficient (Wildman–Crippen LogP) is 5.04. The minimum absolute atomic E-state index is 0.0435. The highest BCUT2D eigenvalue weighted by molar-refractivity contribution is 9.10. The zero-order valence-electron chi connectivity index (χ0n) is 20.8. The predicted molar refractivity (Wildman–Crippen MR) is 139 cm³/mol. The highest BCUT2D eigenvalue weighted by Gasteiger charge is 2.38. The number of nitrogens with zero attached hydrogens (tertiary/aromatic N) is 1. The molecule has 2 aromatic carbocycles. The first kappa shape index (κ1) is 26.8. The van der Waals surface area contributed by atoms with Crippen molar-refractivity contribution in [2.45, 2.75) is 40.5 Å². The van der Waals surface area contributed by atoms with Crippen LogP contribution in [0, 0.1) is 32.1 Å². The van der Waals surface area contributed by atoms with Gasteiger partial charge in [0.2, 0.25) is 5.88 Å². The van der Waals surface area contributed by atoms with Crippen LogP contribution < -0.4 is 15.8 Å². The number of nitrogens with two attached hydrogens (primary N) is 1. The van der Waals surface area contributed by atoms with Gasteiger partial charge in [-0.1, -0.05) is 33.6 Å². The molecule has 1 aliphatic heterocycles. The Bertz CT molecular complexity index is 1300. The molecular formula is C27H28BrN3O5. The SMILES string of the molecule is CCOC(=O)C1=C(C)OC(N)=C(C#N)C1c1cc(Br)ccc1OCC(=O)Nc1c(C)cc(C)cc1C. The number of aryl methyl sites for hydroxylation is 3. The largest absolute Gasteiger partial charge is 0.483 e. The van der Waals surface area contributed by atoms with Gasteiger partial charge >= 0.3 is 5.97 Å².